The van der Waals surface area contributed by atoms with E-state index in [1.54, 1.807) is 30.1 Å². The zero-order valence-corrected chi connectivity index (χ0v) is 21.2. The summed E-state index contributed by atoms with van der Waals surface area (Å²) >= 11 is 0. The molecule has 9 nitrogen and oxygen atoms in total. The molecule has 2 fully saturated rings. The first-order valence-corrected chi connectivity index (χ1v) is 12.7. The number of rotatable bonds is 4. The molecule has 2 aromatic heterocycles. The van der Waals surface area contributed by atoms with Crippen LogP contribution in [0.1, 0.15) is 49.0 Å². The number of halogens is 1. The number of hydrogen-bond acceptors (Lipinski definition) is 7. The molecule has 4 heterocycles. The second-order valence-corrected chi connectivity index (χ2v) is 10.2. The van der Waals surface area contributed by atoms with Gasteiger partial charge >= 0.3 is 0 Å². The predicted molar refractivity (Wildman–Crippen MR) is 140 cm³/mol. The summed E-state index contributed by atoms with van der Waals surface area (Å²) in [5, 5.41) is 12.0. The number of amides is 1. The van der Waals surface area contributed by atoms with Crippen LogP contribution in [0.3, 0.4) is 0 Å². The highest BCUT2D eigenvalue weighted by atomic mass is 19.1. The molecule has 10 heteroatoms. The van der Waals surface area contributed by atoms with Crippen LogP contribution in [-0.2, 0) is 11.8 Å². The molecule has 2 N–H and O–H groups in total. The van der Waals surface area contributed by atoms with E-state index in [0.717, 1.165) is 37.0 Å². The molecule has 6 rings (SSSR count). The Morgan fingerprint density at radius 3 is 2.76 bits per heavy atom. The lowest BCUT2D eigenvalue weighted by Gasteiger charge is -2.38. The minimum Gasteiger partial charge on any atom is -0.370 e. The maximum atomic E-state index is 14.6. The zero-order chi connectivity index (χ0) is 25.7. The summed E-state index contributed by atoms with van der Waals surface area (Å²) in [5.41, 5.74) is 2.59. The molecular formula is C27H30FN7O2. The largest absolute Gasteiger partial charge is 0.370 e. The summed E-state index contributed by atoms with van der Waals surface area (Å²) in [6.07, 6.45) is 5.16. The van der Waals surface area contributed by atoms with Gasteiger partial charge in [0.1, 0.15) is 11.6 Å². The molecule has 0 radical (unpaired) electrons. The van der Waals surface area contributed by atoms with Gasteiger partial charge in [0, 0.05) is 73.4 Å². The van der Waals surface area contributed by atoms with Gasteiger partial charge in [0.2, 0.25) is 0 Å². The molecule has 2 aliphatic rings. The van der Waals surface area contributed by atoms with Crippen LogP contribution in [-0.4, -0.2) is 57.4 Å². The SMILES string of the molecule is C[C@@H]1CN(c2ccc(C(=O)Nc3cc(F)c4nn(C)cc4c3)c3nc([C@@H]4CCCO4)ncc23)C[C@H](C)N1. The molecule has 2 aromatic carbocycles. The maximum absolute atomic E-state index is 14.6. The normalized spacial score (nSPS) is 22.2. The number of carbonyl (C=O) groups is 1. The van der Waals surface area contributed by atoms with Crippen LogP contribution in [0.5, 0.6) is 0 Å². The van der Waals surface area contributed by atoms with E-state index >= 15 is 0 Å². The molecular weight excluding hydrogens is 473 g/mol. The number of benzene rings is 2. The third kappa shape index (κ3) is 4.51. The number of carbonyl (C=O) groups excluding carboxylic acids is 1. The summed E-state index contributed by atoms with van der Waals surface area (Å²) in [5.74, 6) is -0.266. The summed E-state index contributed by atoms with van der Waals surface area (Å²) in [7, 11) is 1.73. The van der Waals surface area contributed by atoms with Crippen LogP contribution in [0.2, 0.25) is 0 Å². The topological polar surface area (TPSA) is 97.2 Å². The van der Waals surface area contributed by atoms with E-state index < -0.39 is 5.82 Å². The third-order valence-electron chi connectivity index (χ3n) is 7.04. The fourth-order valence-corrected chi connectivity index (χ4v) is 5.52. The number of aromatic nitrogens is 4. The molecule has 0 spiro atoms. The predicted octanol–water partition coefficient (Wildman–Crippen LogP) is 3.95. The van der Waals surface area contributed by atoms with E-state index in [1.807, 2.05) is 12.3 Å². The number of aryl methyl sites for hydroxylation is 1. The van der Waals surface area contributed by atoms with Gasteiger partial charge in [-0.15, -0.1) is 0 Å². The molecule has 37 heavy (non-hydrogen) atoms. The van der Waals surface area contributed by atoms with Crippen molar-refractivity contribution in [2.75, 3.05) is 29.9 Å². The van der Waals surface area contributed by atoms with Crippen LogP contribution in [0, 0.1) is 5.82 Å². The van der Waals surface area contributed by atoms with Crippen molar-refractivity contribution in [1.82, 2.24) is 25.1 Å². The summed E-state index contributed by atoms with van der Waals surface area (Å²) in [6.45, 7) is 6.68. The Balaban J connectivity index is 1.41. The number of anilines is 2. The third-order valence-corrected chi connectivity index (χ3v) is 7.04. The first-order valence-electron chi connectivity index (χ1n) is 12.7. The van der Waals surface area contributed by atoms with Gasteiger partial charge in [0.05, 0.1) is 11.1 Å². The molecule has 1 amide bonds. The van der Waals surface area contributed by atoms with Crippen molar-refractivity contribution in [3.63, 3.8) is 0 Å². The molecule has 0 unspecified atom stereocenters. The summed E-state index contributed by atoms with van der Waals surface area (Å²) in [4.78, 5) is 25.4. The molecule has 3 atom stereocenters. The lowest BCUT2D eigenvalue weighted by atomic mass is 10.0. The van der Waals surface area contributed by atoms with E-state index in [9.17, 15) is 9.18 Å². The van der Waals surface area contributed by atoms with Crippen molar-refractivity contribution < 1.29 is 13.9 Å². The van der Waals surface area contributed by atoms with Gasteiger partial charge in [0.15, 0.2) is 11.6 Å². The van der Waals surface area contributed by atoms with Gasteiger partial charge in [0.25, 0.3) is 5.91 Å². The average Bonchev–Trinajstić information content (AvgIpc) is 3.52. The van der Waals surface area contributed by atoms with Crippen molar-refractivity contribution in [3.8, 4) is 0 Å². The molecule has 2 saturated heterocycles. The van der Waals surface area contributed by atoms with Crippen molar-refractivity contribution in [2.45, 2.75) is 44.9 Å². The van der Waals surface area contributed by atoms with Crippen LogP contribution < -0.4 is 15.5 Å². The van der Waals surface area contributed by atoms with Crippen molar-refractivity contribution in [1.29, 1.82) is 0 Å². The number of nitrogens with zero attached hydrogens (tertiary/aromatic N) is 5. The minimum absolute atomic E-state index is 0.176. The first kappa shape index (κ1) is 23.7. The minimum atomic E-state index is -0.487. The van der Waals surface area contributed by atoms with Gasteiger partial charge in [-0.1, -0.05) is 0 Å². The highest BCUT2D eigenvalue weighted by molar-refractivity contribution is 6.14. The summed E-state index contributed by atoms with van der Waals surface area (Å²) in [6, 6.07) is 7.42. The van der Waals surface area contributed by atoms with Gasteiger partial charge in [-0.2, -0.15) is 5.10 Å². The van der Waals surface area contributed by atoms with Crippen molar-refractivity contribution in [3.05, 3.63) is 53.9 Å². The van der Waals surface area contributed by atoms with E-state index in [4.69, 9.17) is 9.72 Å². The quantitative estimate of drug-likeness (QED) is 0.435. The van der Waals surface area contributed by atoms with Crippen molar-refractivity contribution >= 4 is 39.1 Å². The smallest absolute Gasteiger partial charge is 0.257 e. The van der Waals surface area contributed by atoms with Crippen LogP contribution in [0.4, 0.5) is 15.8 Å². The highest BCUT2D eigenvalue weighted by Gasteiger charge is 2.26. The van der Waals surface area contributed by atoms with Crippen LogP contribution >= 0.6 is 0 Å². The first-order chi connectivity index (χ1) is 17.9. The van der Waals surface area contributed by atoms with Gasteiger partial charge in [-0.3, -0.25) is 9.48 Å². The van der Waals surface area contributed by atoms with Crippen molar-refractivity contribution in [2.24, 2.45) is 7.05 Å². The second kappa shape index (κ2) is 9.35. The molecule has 0 bridgehead atoms. The Bertz CT molecular complexity index is 1490. The second-order valence-electron chi connectivity index (χ2n) is 10.2. The fraction of sp³-hybridized carbons (Fsp3) is 0.407. The summed E-state index contributed by atoms with van der Waals surface area (Å²) < 4.78 is 22.0. The van der Waals surface area contributed by atoms with Gasteiger partial charge in [-0.05, 0) is 51.0 Å². The molecule has 0 saturated carbocycles. The molecule has 192 valence electrons. The monoisotopic (exact) mass is 503 g/mol. The number of ether oxygens (including phenoxy) is 1. The lowest BCUT2D eigenvalue weighted by molar-refractivity contribution is 0.102. The number of nitrogens with one attached hydrogen (secondary N) is 2. The Kier molecular flexibility index (Phi) is 6.00. The van der Waals surface area contributed by atoms with E-state index in [0.29, 0.717) is 46.7 Å². The highest BCUT2D eigenvalue weighted by Crippen LogP contribution is 2.33. The Hall–Kier alpha value is -3.63. The number of hydrogen-bond donors (Lipinski definition) is 2. The Labute approximate surface area is 214 Å². The Morgan fingerprint density at radius 2 is 2.00 bits per heavy atom. The lowest BCUT2D eigenvalue weighted by Crippen LogP contribution is -2.54. The van der Waals surface area contributed by atoms with Gasteiger partial charge < -0.3 is 20.3 Å². The zero-order valence-electron chi connectivity index (χ0n) is 21.2. The van der Waals surface area contributed by atoms with Crippen LogP contribution in [0.25, 0.3) is 21.8 Å². The van der Waals surface area contributed by atoms with E-state index in [-0.39, 0.29) is 17.5 Å². The van der Waals surface area contributed by atoms with Crippen LogP contribution in [0.15, 0.2) is 36.7 Å². The fourth-order valence-electron chi connectivity index (χ4n) is 5.52. The number of fused-ring (bicyclic) bond motifs is 2. The number of piperazine rings is 1. The molecule has 2 aliphatic heterocycles. The molecule has 4 aromatic rings. The van der Waals surface area contributed by atoms with E-state index in [2.05, 4.69) is 39.5 Å². The Morgan fingerprint density at radius 1 is 1.19 bits per heavy atom. The van der Waals surface area contributed by atoms with Gasteiger partial charge in [-0.25, -0.2) is 14.4 Å². The molecule has 0 aliphatic carbocycles. The standard InChI is InChI=1S/C27H30FN7O2/c1-15-12-35(13-16(2)30-15)22-7-6-19(25-20(22)11-29-26(32-25)23-5-4-8-37-23)27(36)31-18-9-17-14-34(3)33-24(17)21(28)10-18/h6-7,9-11,14-16,23,30H,4-5,8,12-13H2,1-3H3,(H,31,36)/t15-,16+,23-/m0/s1. The maximum Gasteiger partial charge on any atom is 0.257 e. The average molecular weight is 504 g/mol. The van der Waals surface area contributed by atoms with E-state index in [1.165, 1.54) is 6.07 Å².